The Balaban J connectivity index is 2.00. The third kappa shape index (κ3) is 2.23. The fourth-order valence-corrected chi connectivity index (χ4v) is 1.96. The maximum atomic E-state index is 5.57. The van der Waals surface area contributed by atoms with Crippen LogP contribution in [0.3, 0.4) is 0 Å². The van der Waals surface area contributed by atoms with Crippen molar-refractivity contribution in [1.29, 1.82) is 0 Å². The average Bonchev–Trinajstić information content (AvgIpc) is 2.71. The standard InChI is InChI=1S/C11H17N3/c12-8-9-5-6-13-11(7-9)14-10-3-1-2-4-10/h5-7,10H,1-4,8,12H2,(H,13,14). The van der Waals surface area contributed by atoms with Crippen molar-refractivity contribution in [2.75, 3.05) is 5.32 Å². The highest BCUT2D eigenvalue weighted by molar-refractivity contribution is 5.38. The van der Waals surface area contributed by atoms with Gasteiger partial charge in [-0.15, -0.1) is 0 Å². The van der Waals surface area contributed by atoms with Crippen molar-refractivity contribution in [2.24, 2.45) is 5.73 Å². The summed E-state index contributed by atoms with van der Waals surface area (Å²) in [5.41, 5.74) is 6.71. The first kappa shape index (κ1) is 9.46. The summed E-state index contributed by atoms with van der Waals surface area (Å²) in [5.74, 6) is 0.972. The van der Waals surface area contributed by atoms with Gasteiger partial charge in [0.05, 0.1) is 0 Å². The SMILES string of the molecule is NCc1ccnc(NC2CCCC2)c1. The fraction of sp³-hybridized carbons (Fsp3) is 0.545. The molecule has 3 nitrogen and oxygen atoms in total. The number of nitrogens with two attached hydrogens (primary N) is 1. The number of nitrogens with zero attached hydrogens (tertiary/aromatic N) is 1. The molecule has 1 fully saturated rings. The molecule has 76 valence electrons. The fourth-order valence-electron chi connectivity index (χ4n) is 1.96. The lowest BCUT2D eigenvalue weighted by molar-refractivity contribution is 0.750. The highest BCUT2D eigenvalue weighted by atomic mass is 15.0. The molecule has 0 unspecified atom stereocenters. The molecule has 14 heavy (non-hydrogen) atoms. The maximum absolute atomic E-state index is 5.57. The van der Waals surface area contributed by atoms with Crippen LogP contribution in [-0.2, 0) is 6.54 Å². The summed E-state index contributed by atoms with van der Waals surface area (Å²) in [6.07, 6.45) is 7.05. The number of aromatic nitrogens is 1. The molecule has 0 bridgehead atoms. The monoisotopic (exact) mass is 191 g/mol. The molecule has 3 heteroatoms. The van der Waals surface area contributed by atoms with Gasteiger partial charge in [-0.1, -0.05) is 12.8 Å². The van der Waals surface area contributed by atoms with Gasteiger partial charge in [-0.3, -0.25) is 0 Å². The Morgan fingerprint density at radius 3 is 2.93 bits per heavy atom. The van der Waals surface area contributed by atoms with Crippen molar-refractivity contribution in [1.82, 2.24) is 4.98 Å². The highest BCUT2D eigenvalue weighted by Gasteiger charge is 2.14. The number of hydrogen-bond donors (Lipinski definition) is 2. The summed E-state index contributed by atoms with van der Waals surface area (Å²) in [6.45, 7) is 0.585. The molecule has 1 aliphatic rings. The third-order valence-corrected chi connectivity index (χ3v) is 2.77. The van der Waals surface area contributed by atoms with Crippen LogP contribution in [0.2, 0.25) is 0 Å². The molecule has 1 aromatic heterocycles. The van der Waals surface area contributed by atoms with Gasteiger partial charge in [0, 0.05) is 18.8 Å². The van der Waals surface area contributed by atoms with Crippen molar-refractivity contribution in [3.63, 3.8) is 0 Å². The summed E-state index contributed by atoms with van der Waals surface area (Å²) in [6, 6.07) is 4.62. The smallest absolute Gasteiger partial charge is 0.126 e. The van der Waals surface area contributed by atoms with Gasteiger partial charge in [-0.25, -0.2) is 4.98 Å². The van der Waals surface area contributed by atoms with Gasteiger partial charge >= 0.3 is 0 Å². The third-order valence-electron chi connectivity index (χ3n) is 2.77. The summed E-state index contributed by atoms with van der Waals surface area (Å²) in [7, 11) is 0. The maximum Gasteiger partial charge on any atom is 0.126 e. The summed E-state index contributed by atoms with van der Waals surface area (Å²) in [5, 5.41) is 3.45. The minimum Gasteiger partial charge on any atom is -0.367 e. The van der Waals surface area contributed by atoms with E-state index in [2.05, 4.69) is 10.3 Å². The van der Waals surface area contributed by atoms with E-state index in [9.17, 15) is 0 Å². The molecule has 0 aromatic carbocycles. The zero-order chi connectivity index (χ0) is 9.80. The molecule has 1 aromatic rings. The summed E-state index contributed by atoms with van der Waals surface area (Å²) in [4.78, 5) is 4.28. The van der Waals surface area contributed by atoms with E-state index in [1.54, 1.807) is 0 Å². The number of nitrogens with one attached hydrogen (secondary N) is 1. The second-order valence-electron chi connectivity index (χ2n) is 3.88. The van der Waals surface area contributed by atoms with Crippen LogP contribution in [0.5, 0.6) is 0 Å². The zero-order valence-corrected chi connectivity index (χ0v) is 8.37. The second-order valence-corrected chi connectivity index (χ2v) is 3.88. The zero-order valence-electron chi connectivity index (χ0n) is 8.37. The van der Waals surface area contributed by atoms with Crippen LogP contribution < -0.4 is 11.1 Å². The van der Waals surface area contributed by atoms with Gasteiger partial charge in [0.1, 0.15) is 5.82 Å². The molecule has 0 saturated heterocycles. The average molecular weight is 191 g/mol. The Morgan fingerprint density at radius 1 is 1.43 bits per heavy atom. The normalized spacial score (nSPS) is 17.2. The summed E-state index contributed by atoms with van der Waals surface area (Å²) >= 11 is 0. The Labute approximate surface area is 84.7 Å². The van der Waals surface area contributed by atoms with Gasteiger partial charge in [0.15, 0.2) is 0 Å². The van der Waals surface area contributed by atoms with Crippen LogP contribution in [0.4, 0.5) is 5.82 Å². The van der Waals surface area contributed by atoms with Gasteiger partial charge in [0.2, 0.25) is 0 Å². The lowest BCUT2D eigenvalue weighted by atomic mass is 10.2. The number of hydrogen-bond acceptors (Lipinski definition) is 3. The Bertz CT molecular complexity index is 292. The number of rotatable bonds is 3. The molecule has 0 amide bonds. The van der Waals surface area contributed by atoms with Crippen LogP contribution in [0.15, 0.2) is 18.3 Å². The Hall–Kier alpha value is -1.09. The second kappa shape index (κ2) is 4.42. The van der Waals surface area contributed by atoms with E-state index in [4.69, 9.17) is 5.73 Å². The molecule has 0 aliphatic heterocycles. The summed E-state index contributed by atoms with van der Waals surface area (Å²) < 4.78 is 0. The largest absolute Gasteiger partial charge is 0.367 e. The van der Waals surface area contributed by atoms with E-state index >= 15 is 0 Å². The molecule has 0 radical (unpaired) electrons. The number of anilines is 1. The topological polar surface area (TPSA) is 50.9 Å². The predicted molar refractivity (Wildman–Crippen MR) is 58.0 cm³/mol. The first-order valence-electron chi connectivity index (χ1n) is 5.30. The molecular formula is C11H17N3. The lowest BCUT2D eigenvalue weighted by Gasteiger charge is -2.12. The molecular weight excluding hydrogens is 174 g/mol. The molecule has 1 saturated carbocycles. The van der Waals surface area contributed by atoms with Crippen LogP contribution in [-0.4, -0.2) is 11.0 Å². The van der Waals surface area contributed by atoms with Crippen molar-refractivity contribution in [3.8, 4) is 0 Å². The molecule has 0 atom stereocenters. The first-order valence-corrected chi connectivity index (χ1v) is 5.30. The van der Waals surface area contributed by atoms with Gasteiger partial charge in [0.25, 0.3) is 0 Å². The Kier molecular flexibility index (Phi) is 2.99. The van der Waals surface area contributed by atoms with E-state index in [0.717, 1.165) is 11.4 Å². The minimum absolute atomic E-state index is 0.585. The van der Waals surface area contributed by atoms with Crippen molar-refractivity contribution < 1.29 is 0 Å². The quantitative estimate of drug-likeness (QED) is 0.767. The van der Waals surface area contributed by atoms with E-state index in [0.29, 0.717) is 12.6 Å². The van der Waals surface area contributed by atoms with Crippen molar-refractivity contribution in [3.05, 3.63) is 23.9 Å². The van der Waals surface area contributed by atoms with E-state index in [1.165, 1.54) is 25.7 Å². The molecule has 1 aliphatic carbocycles. The van der Waals surface area contributed by atoms with Gasteiger partial charge in [-0.2, -0.15) is 0 Å². The van der Waals surface area contributed by atoms with Crippen molar-refractivity contribution >= 4 is 5.82 Å². The first-order chi connectivity index (χ1) is 6.88. The van der Waals surface area contributed by atoms with Crippen LogP contribution in [0.25, 0.3) is 0 Å². The van der Waals surface area contributed by atoms with E-state index in [1.807, 2.05) is 18.3 Å². The van der Waals surface area contributed by atoms with E-state index in [-0.39, 0.29) is 0 Å². The highest BCUT2D eigenvalue weighted by Crippen LogP contribution is 2.21. The van der Waals surface area contributed by atoms with E-state index < -0.39 is 0 Å². The molecule has 0 spiro atoms. The lowest BCUT2D eigenvalue weighted by Crippen LogP contribution is -2.15. The molecule has 2 rings (SSSR count). The van der Waals surface area contributed by atoms with Crippen LogP contribution in [0.1, 0.15) is 31.2 Å². The molecule has 1 heterocycles. The predicted octanol–water partition coefficient (Wildman–Crippen LogP) is 1.89. The Morgan fingerprint density at radius 2 is 2.21 bits per heavy atom. The molecule has 3 N–H and O–H groups in total. The van der Waals surface area contributed by atoms with Crippen molar-refractivity contribution in [2.45, 2.75) is 38.3 Å². The number of pyridine rings is 1. The minimum atomic E-state index is 0.585. The van der Waals surface area contributed by atoms with Gasteiger partial charge in [-0.05, 0) is 30.5 Å². The van der Waals surface area contributed by atoms with Crippen LogP contribution >= 0.6 is 0 Å². The van der Waals surface area contributed by atoms with Crippen LogP contribution in [0, 0.1) is 0 Å². The van der Waals surface area contributed by atoms with Gasteiger partial charge < -0.3 is 11.1 Å².